The largest absolute Gasteiger partial charge is 0.315 e. The van der Waals surface area contributed by atoms with Gasteiger partial charge in [-0.3, -0.25) is 0 Å². The van der Waals surface area contributed by atoms with Gasteiger partial charge in [0.1, 0.15) is 0 Å². The van der Waals surface area contributed by atoms with Crippen molar-refractivity contribution in [1.29, 1.82) is 0 Å². The van der Waals surface area contributed by atoms with Crippen LogP contribution in [0.3, 0.4) is 0 Å². The summed E-state index contributed by atoms with van der Waals surface area (Å²) >= 11 is 3.32. The molecular formula is C13H19BrN2O2S. The Kier molecular flexibility index (Phi) is 5.00. The van der Waals surface area contributed by atoms with Gasteiger partial charge in [-0.05, 0) is 43.7 Å². The van der Waals surface area contributed by atoms with Crippen molar-refractivity contribution in [1.82, 2.24) is 9.62 Å². The predicted octanol–water partition coefficient (Wildman–Crippen LogP) is 2.21. The summed E-state index contributed by atoms with van der Waals surface area (Å²) in [5, 5.41) is 3.27. The Bertz CT molecular complexity index is 510. The van der Waals surface area contributed by atoms with Gasteiger partial charge in [0.25, 0.3) is 0 Å². The van der Waals surface area contributed by atoms with Gasteiger partial charge in [0.05, 0.1) is 4.90 Å². The maximum atomic E-state index is 12.7. The molecule has 1 aliphatic rings. The number of nitrogens with one attached hydrogen (secondary N) is 1. The Balaban J connectivity index is 2.27. The first-order valence-corrected chi connectivity index (χ1v) is 8.77. The fourth-order valence-corrected chi connectivity index (χ4v) is 4.37. The molecule has 1 aromatic carbocycles. The summed E-state index contributed by atoms with van der Waals surface area (Å²) in [4.78, 5) is 0.364. The van der Waals surface area contributed by atoms with E-state index in [0.717, 1.165) is 30.4 Å². The first-order chi connectivity index (χ1) is 9.05. The van der Waals surface area contributed by atoms with Gasteiger partial charge in [0, 0.05) is 23.6 Å². The van der Waals surface area contributed by atoms with Crippen LogP contribution in [-0.2, 0) is 10.0 Å². The smallest absolute Gasteiger partial charge is 0.243 e. The molecule has 0 aliphatic carbocycles. The minimum Gasteiger partial charge on any atom is -0.315 e. The highest BCUT2D eigenvalue weighted by molar-refractivity contribution is 9.10. The lowest BCUT2D eigenvalue weighted by molar-refractivity contribution is 0.274. The Morgan fingerprint density at radius 3 is 2.58 bits per heavy atom. The predicted molar refractivity (Wildman–Crippen MR) is 79.6 cm³/mol. The molecule has 1 fully saturated rings. The Morgan fingerprint density at radius 1 is 1.37 bits per heavy atom. The monoisotopic (exact) mass is 346 g/mol. The number of hydrogen-bond donors (Lipinski definition) is 1. The number of sulfonamides is 1. The zero-order valence-corrected chi connectivity index (χ0v) is 13.4. The van der Waals surface area contributed by atoms with E-state index in [0.29, 0.717) is 11.4 Å². The van der Waals surface area contributed by atoms with Crippen molar-refractivity contribution in [3.63, 3.8) is 0 Å². The van der Waals surface area contributed by atoms with Crippen molar-refractivity contribution in [2.24, 2.45) is 0 Å². The fraction of sp³-hybridized carbons (Fsp3) is 0.538. The molecule has 1 unspecified atom stereocenters. The SMILES string of the molecule is CCN(C1CCCNC1)S(=O)(=O)c1ccc(Br)cc1. The second kappa shape index (κ2) is 6.35. The molecular weight excluding hydrogens is 328 g/mol. The van der Waals surface area contributed by atoms with Crippen molar-refractivity contribution >= 4 is 26.0 Å². The van der Waals surface area contributed by atoms with Crippen LogP contribution < -0.4 is 5.32 Å². The van der Waals surface area contributed by atoms with Crippen LogP contribution in [0, 0.1) is 0 Å². The number of benzene rings is 1. The topological polar surface area (TPSA) is 49.4 Å². The lowest BCUT2D eigenvalue weighted by Crippen LogP contribution is -2.48. The molecule has 0 spiro atoms. The molecule has 1 aromatic rings. The van der Waals surface area contributed by atoms with Gasteiger partial charge < -0.3 is 5.32 Å². The molecule has 1 heterocycles. The average molecular weight is 347 g/mol. The van der Waals surface area contributed by atoms with E-state index in [-0.39, 0.29) is 6.04 Å². The number of hydrogen-bond acceptors (Lipinski definition) is 3. The third-order valence-electron chi connectivity index (χ3n) is 3.41. The summed E-state index contributed by atoms with van der Waals surface area (Å²) in [5.74, 6) is 0. The molecule has 6 heteroatoms. The second-order valence-corrected chi connectivity index (χ2v) is 7.47. The van der Waals surface area contributed by atoms with Gasteiger partial charge in [-0.2, -0.15) is 4.31 Å². The van der Waals surface area contributed by atoms with Gasteiger partial charge in [-0.25, -0.2) is 8.42 Å². The van der Waals surface area contributed by atoms with Gasteiger partial charge >= 0.3 is 0 Å². The van der Waals surface area contributed by atoms with Crippen LogP contribution in [0.5, 0.6) is 0 Å². The van der Waals surface area contributed by atoms with E-state index < -0.39 is 10.0 Å². The molecule has 1 saturated heterocycles. The van der Waals surface area contributed by atoms with Crippen molar-refractivity contribution in [3.05, 3.63) is 28.7 Å². The van der Waals surface area contributed by atoms with Crippen LogP contribution in [0.4, 0.5) is 0 Å². The molecule has 2 rings (SSSR count). The van der Waals surface area contributed by atoms with Gasteiger partial charge in [0.2, 0.25) is 10.0 Å². The molecule has 1 aliphatic heterocycles. The first-order valence-electron chi connectivity index (χ1n) is 6.54. The van der Waals surface area contributed by atoms with Crippen LogP contribution in [0.25, 0.3) is 0 Å². The molecule has 4 nitrogen and oxygen atoms in total. The van der Waals surface area contributed by atoms with E-state index in [9.17, 15) is 8.42 Å². The third kappa shape index (κ3) is 3.37. The van der Waals surface area contributed by atoms with E-state index >= 15 is 0 Å². The minimum absolute atomic E-state index is 0.0624. The van der Waals surface area contributed by atoms with Crippen molar-refractivity contribution in [3.8, 4) is 0 Å². The Labute approximate surface area is 123 Å². The van der Waals surface area contributed by atoms with E-state index in [1.807, 2.05) is 6.92 Å². The van der Waals surface area contributed by atoms with Crippen molar-refractivity contribution < 1.29 is 8.42 Å². The van der Waals surface area contributed by atoms with Crippen LogP contribution >= 0.6 is 15.9 Å². The summed E-state index contributed by atoms with van der Waals surface area (Å²) in [5.41, 5.74) is 0. The first kappa shape index (κ1) is 15.0. The highest BCUT2D eigenvalue weighted by atomic mass is 79.9. The number of nitrogens with zero attached hydrogens (tertiary/aromatic N) is 1. The maximum Gasteiger partial charge on any atom is 0.243 e. The quantitative estimate of drug-likeness (QED) is 0.909. The van der Waals surface area contributed by atoms with E-state index in [4.69, 9.17) is 0 Å². The third-order valence-corrected chi connectivity index (χ3v) is 5.98. The highest BCUT2D eigenvalue weighted by Gasteiger charge is 2.30. The summed E-state index contributed by atoms with van der Waals surface area (Å²) in [6.07, 6.45) is 1.95. The highest BCUT2D eigenvalue weighted by Crippen LogP contribution is 2.22. The molecule has 0 radical (unpaired) electrons. The molecule has 1 N–H and O–H groups in total. The van der Waals surface area contributed by atoms with Crippen LogP contribution in [0.15, 0.2) is 33.6 Å². The number of piperidine rings is 1. The molecule has 0 aromatic heterocycles. The Hall–Kier alpha value is -0.430. The van der Waals surface area contributed by atoms with Crippen molar-refractivity contribution in [2.75, 3.05) is 19.6 Å². The summed E-state index contributed by atoms with van der Waals surface area (Å²) in [6.45, 7) is 4.12. The molecule has 19 heavy (non-hydrogen) atoms. The summed E-state index contributed by atoms with van der Waals surface area (Å²) in [7, 11) is -3.40. The number of halogens is 1. The standard InChI is InChI=1S/C13H19BrN2O2S/c1-2-16(12-4-3-9-15-10-12)19(17,18)13-7-5-11(14)6-8-13/h5-8,12,15H,2-4,9-10H2,1H3. The average Bonchev–Trinajstić information content (AvgIpc) is 2.41. The number of rotatable bonds is 4. The van der Waals surface area contributed by atoms with Crippen LogP contribution in [0.1, 0.15) is 19.8 Å². The molecule has 0 amide bonds. The zero-order valence-electron chi connectivity index (χ0n) is 11.0. The van der Waals surface area contributed by atoms with E-state index in [2.05, 4.69) is 21.2 Å². The van der Waals surface area contributed by atoms with Gasteiger partial charge in [0.15, 0.2) is 0 Å². The second-order valence-electron chi connectivity index (χ2n) is 4.66. The lowest BCUT2D eigenvalue weighted by atomic mass is 10.1. The van der Waals surface area contributed by atoms with Gasteiger partial charge in [-0.1, -0.05) is 22.9 Å². The maximum absolute atomic E-state index is 12.7. The minimum atomic E-state index is -3.40. The molecule has 0 bridgehead atoms. The zero-order chi connectivity index (χ0) is 13.9. The Morgan fingerprint density at radius 2 is 2.05 bits per heavy atom. The normalized spacial score (nSPS) is 20.7. The molecule has 1 atom stereocenters. The fourth-order valence-electron chi connectivity index (χ4n) is 2.45. The summed E-state index contributed by atoms with van der Waals surface area (Å²) in [6, 6.07) is 6.89. The number of likely N-dealkylation sites (N-methyl/N-ethyl adjacent to an activating group) is 1. The van der Waals surface area contributed by atoms with Crippen LogP contribution in [-0.4, -0.2) is 38.4 Å². The molecule has 0 saturated carbocycles. The van der Waals surface area contributed by atoms with Crippen LogP contribution in [0.2, 0.25) is 0 Å². The van der Waals surface area contributed by atoms with E-state index in [1.54, 1.807) is 28.6 Å². The lowest BCUT2D eigenvalue weighted by Gasteiger charge is -2.33. The van der Waals surface area contributed by atoms with Crippen molar-refractivity contribution in [2.45, 2.75) is 30.7 Å². The van der Waals surface area contributed by atoms with Gasteiger partial charge in [-0.15, -0.1) is 0 Å². The van der Waals surface area contributed by atoms with E-state index in [1.165, 1.54) is 0 Å². The molecule has 106 valence electrons. The summed E-state index contributed by atoms with van der Waals surface area (Å²) < 4.78 is 27.8.